The predicted molar refractivity (Wildman–Crippen MR) is 101 cm³/mol. The average molecular weight is 376 g/mol. The standard InChI is InChI=1S/C21H33N3O3/c1-13(2)24(12-18(22)25)19(26)17-4-3-5-23(17)20(27)21-9-14-6-15(10-21)8-16(7-14)11-21/h13-17H,3-12H2,1-2H3,(H2,22,25). The highest BCUT2D eigenvalue weighted by atomic mass is 16.2. The summed E-state index contributed by atoms with van der Waals surface area (Å²) in [6, 6.07) is -0.533. The van der Waals surface area contributed by atoms with E-state index in [9.17, 15) is 14.4 Å². The van der Waals surface area contributed by atoms with Gasteiger partial charge in [-0.3, -0.25) is 14.4 Å². The molecule has 5 fully saturated rings. The monoisotopic (exact) mass is 375 g/mol. The van der Waals surface area contributed by atoms with Crippen molar-refractivity contribution in [2.24, 2.45) is 28.9 Å². The van der Waals surface area contributed by atoms with E-state index < -0.39 is 11.9 Å². The third-order valence-electron chi connectivity index (χ3n) is 7.52. The van der Waals surface area contributed by atoms with Crippen LogP contribution >= 0.6 is 0 Å². The van der Waals surface area contributed by atoms with Crippen LogP contribution in [0.5, 0.6) is 0 Å². The van der Waals surface area contributed by atoms with Gasteiger partial charge in [-0.15, -0.1) is 0 Å². The Hall–Kier alpha value is -1.59. The van der Waals surface area contributed by atoms with E-state index in [-0.39, 0.29) is 29.8 Å². The van der Waals surface area contributed by atoms with Gasteiger partial charge >= 0.3 is 0 Å². The first-order valence-electron chi connectivity index (χ1n) is 10.7. The van der Waals surface area contributed by atoms with Crippen LogP contribution in [0.3, 0.4) is 0 Å². The lowest BCUT2D eigenvalue weighted by Crippen LogP contribution is -2.58. The highest BCUT2D eigenvalue weighted by molar-refractivity contribution is 5.92. The van der Waals surface area contributed by atoms with E-state index in [0.717, 1.165) is 25.7 Å². The van der Waals surface area contributed by atoms with E-state index in [4.69, 9.17) is 5.73 Å². The van der Waals surface area contributed by atoms with Crippen molar-refractivity contribution in [1.82, 2.24) is 9.80 Å². The van der Waals surface area contributed by atoms with Gasteiger partial charge < -0.3 is 15.5 Å². The van der Waals surface area contributed by atoms with Gasteiger partial charge in [-0.25, -0.2) is 0 Å². The van der Waals surface area contributed by atoms with Crippen LogP contribution in [0.2, 0.25) is 0 Å². The average Bonchev–Trinajstić information content (AvgIpc) is 3.06. The maximum atomic E-state index is 13.7. The molecule has 0 aromatic heterocycles. The number of hydrogen-bond donors (Lipinski definition) is 1. The zero-order valence-corrected chi connectivity index (χ0v) is 16.7. The fraction of sp³-hybridized carbons (Fsp3) is 0.857. The zero-order chi connectivity index (χ0) is 19.3. The lowest BCUT2D eigenvalue weighted by Gasteiger charge is -2.56. The maximum absolute atomic E-state index is 13.7. The van der Waals surface area contributed by atoms with Gasteiger partial charge in [0.1, 0.15) is 6.04 Å². The number of hydrogen-bond acceptors (Lipinski definition) is 3. The largest absolute Gasteiger partial charge is 0.368 e. The Balaban J connectivity index is 1.53. The minimum atomic E-state index is -0.506. The summed E-state index contributed by atoms with van der Waals surface area (Å²) >= 11 is 0. The normalized spacial score (nSPS) is 37.1. The Labute approximate surface area is 161 Å². The van der Waals surface area contributed by atoms with Crippen LogP contribution in [-0.2, 0) is 14.4 Å². The van der Waals surface area contributed by atoms with E-state index in [1.807, 2.05) is 18.7 Å². The van der Waals surface area contributed by atoms with Crippen molar-refractivity contribution >= 4 is 17.7 Å². The summed E-state index contributed by atoms with van der Waals surface area (Å²) in [4.78, 5) is 41.7. The molecule has 0 aromatic carbocycles. The predicted octanol–water partition coefficient (Wildman–Crippen LogP) is 1.92. The van der Waals surface area contributed by atoms with Crippen LogP contribution in [0.25, 0.3) is 0 Å². The molecule has 1 saturated heterocycles. The smallest absolute Gasteiger partial charge is 0.246 e. The van der Waals surface area contributed by atoms with Crippen molar-refractivity contribution in [3.05, 3.63) is 0 Å². The zero-order valence-electron chi connectivity index (χ0n) is 16.7. The highest BCUT2D eigenvalue weighted by Crippen LogP contribution is 2.60. The molecule has 1 unspecified atom stereocenters. The van der Waals surface area contributed by atoms with E-state index in [1.54, 1.807) is 0 Å². The van der Waals surface area contributed by atoms with Crippen molar-refractivity contribution in [2.45, 2.75) is 77.3 Å². The molecule has 0 radical (unpaired) electrons. The van der Waals surface area contributed by atoms with Crippen molar-refractivity contribution in [2.75, 3.05) is 13.1 Å². The van der Waals surface area contributed by atoms with E-state index in [0.29, 0.717) is 30.7 Å². The number of nitrogens with two attached hydrogens (primary N) is 1. The summed E-state index contributed by atoms with van der Waals surface area (Å²) in [5, 5.41) is 0. The first-order valence-corrected chi connectivity index (χ1v) is 10.7. The number of likely N-dealkylation sites (tertiary alicyclic amines) is 1. The van der Waals surface area contributed by atoms with Crippen LogP contribution in [0.4, 0.5) is 0 Å². The van der Waals surface area contributed by atoms with Gasteiger partial charge in [-0.05, 0) is 83.0 Å². The molecule has 1 heterocycles. The molecule has 0 spiro atoms. The molecule has 6 nitrogen and oxygen atoms in total. The molecule has 2 N–H and O–H groups in total. The molecule has 5 rings (SSSR count). The lowest BCUT2D eigenvalue weighted by atomic mass is 9.49. The van der Waals surface area contributed by atoms with Crippen LogP contribution in [0.1, 0.15) is 65.2 Å². The van der Waals surface area contributed by atoms with Gasteiger partial charge in [-0.1, -0.05) is 0 Å². The maximum Gasteiger partial charge on any atom is 0.246 e. The first-order chi connectivity index (χ1) is 12.8. The molecule has 4 saturated carbocycles. The number of nitrogens with zero attached hydrogens (tertiary/aromatic N) is 2. The fourth-order valence-electron chi connectivity index (χ4n) is 6.82. The van der Waals surface area contributed by atoms with E-state index in [1.165, 1.54) is 24.2 Å². The van der Waals surface area contributed by atoms with Crippen LogP contribution < -0.4 is 5.73 Å². The Kier molecular flexibility index (Phi) is 4.71. The van der Waals surface area contributed by atoms with Crippen molar-refractivity contribution in [1.29, 1.82) is 0 Å². The Morgan fingerprint density at radius 1 is 1.07 bits per heavy atom. The van der Waals surface area contributed by atoms with Crippen molar-refractivity contribution < 1.29 is 14.4 Å². The Morgan fingerprint density at radius 3 is 2.11 bits per heavy atom. The summed E-state index contributed by atoms with van der Waals surface area (Å²) in [6.07, 6.45) is 8.51. The van der Waals surface area contributed by atoms with Gasteiger partial charge in [0, 0.05) is 12.6 Å². The quantitative estimate of drug-likeness (QED) is 0.797. The minimum Gasteiger partial charge on any atom is -0.368 e. The second-order valence-corrected chi connectivity index (χ2v) is 9.88. The molecule has 1 aliphatic heterocycles. The molecule has 5 aliphatic rings. The highest BCUT2D eigenvalue weighted by Gasteiger charge is 2.57. The number of carbonyl (C=O) groups excluding carboxylic acids is 3. The van der Waals surface area contributed by atoms with Crippen molar-refractivity contribution in [3.8, 4) is 0 Å². The molecule has 6 heteroatoms. The topological polar surface area (TPSA) is 83.7 Å². The van der Waals surface area contributed by atoms with Gasteiger partial charge in [0.05, 0.1) is 12.0 Å². The van der Waals surface area contributed by atoms with E-state index >= 15 is 0 Å². The van der Waals surface area contributed by atoms with E-state index in [2.05, 4.69) is 0 Å². The molecule has 150 valence electrons. The first kappa shape index (κ1) is 18.8. The molecule has 3 amide bonds. The Morgan fingerprint density at radius 2 is 1.63 bits per heavy atom. The Bertz CT molecular complexity index is 609. The number of rotatable bonds is 5. The molecule has 0 aromatic rings. The SMILES string of the molecule is CC(C)N(CC(N)=O)C(=O)C1CCCN1C(=O)C12CC3CC(CC(C3)C1)C2. The van der Waals surface area contributed by atoms with Gasteiger partial charge in [0.25, 0.3) is 0 Å². The van der Waals surface area contributed by atoms with Crippen LogP contribution in [0.15, 0.2) is 0 Å². The molecule has 4 bridgehead atoms. The molecule has 27 heavy (non-hydrogen) atoms. The summed E-state index contributed by atoms with van der Waals surface area (Å²) in [5.41, 5.74) is 5.13. The van der Waals surface area contributed by atoms with Gasteiger partial charge in [-0.2, -0.15) is 0 Å². The summed E-state index contributed by atoms with van der Waals surface area (Å²) < 4.78 is 0. The fourth-order valence-corrected chi connectivity index (χ4v) is 6.82. The minimum absolute atomic E-state index is 0.0770. The molecular weight excluding hydrogens is 342 g/mol. The summed E-state index contributed by atoms with van der Waals surface area (Å²) in [5.74, 6) is 1.73. The van der Waals surface area contributed by atoms with Gasteiger partial charge in [0.15, 0.2) is 0 Å². The third-order valence-corrected chi connectivity index (χ3v) is 7.52. The second kappa shape index (κ2) is 6.78. The molecular formula is C21H33N3O3. The lowest BCUT2D eigenvalue weighted by molar-refractivity contribution is -0.162. The molecule has 4 aliphatic carbocycles. The summed E-state index contributed by atoms with van der Waals surface area (Å²) in [7, 11) is 0. The number of amides is 3. The van der Waals surface area contributed by atoms with Gasteiger partial charge in [0.2, 0.25) is 17.7 Å². The molecule has 1 atom stereocenters. The van der Waals surface area contributed by atoms with Crippen LogP contribution in [0, 0.1) is 23.2 Å². The number of primary amides is 1. The number of carbonyl (C=O) groups is 3. The van der Waals surface area contributed by atoms with Crippen LogP contribution in [-0.4, -0.2) is 52.7 Å². The summed E-state index contributed by atoms with van der Waals surface area (Å²) in [6.45, 7) is 4.37. The van der Waals surface area contributed by atoms with Crippen molar-refractivity contribution in [3.63, 3.8) is 0 Å². The third kappa shape index (κ3) is 3.25. The second-order valence-electron chi connectivity index (χ2n) is 9.88.